The average molecular weight is 1470 g/mol. The Kier molecular flexibility index (Phi) is 28.7. The molecule has 438 valence electrons. The van der Waals surface area contributed by atoms with Crippen molar-refractivity contribution in [2.24, 2.45) is 0 Å². The fraction of sp³-hybridized carbons (Fsp3) is 0.424. The summed E-state index contributed by atoms with van der Waals surface area (Å²) in [6.45, 7) is 13.5. The Hall–Kier alpha value is -0.688. The van der Waals surface area contributed by atoms with Crippen molar-refractivity contribution in [3.8, 4) is 20.9 Å². The van der Waals surface area contributed by atoms with Crippen LogP contribution in [0.1, 0.15) is 83.9 Å². The van der Waals surface area contributed by atoms with Crippen LogP contribution in [0.3, 0.4) is 0 Å². The van der Waals surface area contributed by atoms with Crippen LogP contribution in [0.5, 0.6) is 0 Å². The molecular weight excluding hydrogens is 1400 g/mol. The van der Waals surface area contributed by atoms with Gasteiger partial charge in [-0.15, -0.1) is 22.7 Å². The van der Waals surface area contributed by atoms with Crippen LogP contribution in [0.15, 0.2) is 109 Å². The van der Waals surface area contributed by atoms with Crippen molar-refractivity contribution in [1.82, 2.24) is 4.90 Å². The first-order valence-corrected chi connectivity index (χ1v) is 40.3. The van der Waals surface area contributed by atoms with E-state index in [4.69, 9.17) is 55.1 Å². The molecule has 0 aliphatic carbocycles. The van der Waals surface area contributed by atoms with Gasteiger partial charge in [-0.05, 0) is 151 Å². The van der Waals surface area contributed by atoms with Gasteiger partial charge in [-0.25, -0.2) is 0 Å². The van der Waals surface area contributed by atoms with Crippen LogP contribution in [0.2, 0.25) is 0 Å². The number of aryl methyl sites for hydroxylation is 2. The van der Waals surface area contributed by atoms with E-state index in [0.717, 1.165) is 40.7 Å². The van der Waals surface area contributed by atoms with Gasteiger partial charge < -0.3 is 72.4 Å². The number of carbonyl (C=O) groups is 1. The number of hydrogen-bond acceptors (Lipinski definition) is 15. The fourth-order valence-corrected chi connectivity index (χ4v) is 12.3. The van der Waals surface area contributed by atoms with Crippen LogP contribution in [0, 0.1) is 55.5 Å². The average Bonchev–Trinajstić information content (AvgIpc) is 4.44. The third-order valence-electron chi connectivity index (χ3n) is 13.9. The molecule has 5 N–H and O–H groups in total. The molecule has 82 heavy (non-hydrogen) atoms. The Balaban J connectivity index is 0.000000264. The Bertz CT molecular complexity index is 2980. The van der Waals surface area contributed by atoms with Crippen molar-refractivity contribution in [3.63, 3.8) is 0 Å². The van der Waals surface area contributed by atoms with Crippen molar-refractivity contribution in [3.05, 3.63) is 169 Å². The number of nitrogens with zero attached hydrogens (tertiary/aromatic N) is 1. The number of aliphatic hydroxyl groups excluding tert-OH is 5. The van der Waals surface area contributed by atoms with Crippen molar-refractivity contribution in [1.29, 1.82) is 0 Å². The molecule has 3 radical (unpaired) electrons. The van der Waals surface area contributed by atoms with Crippen LogP contribution >= 0.6 is 62.1 Å². The summed E-state index contributed by atoms with van der Waals surface area (Å²) in [5.41, 5.74) is 24.9. The first-order chi connectivity index (χ1) is 37.6. The number of ether oxygens (including phenoxy) is 7. The number of halogens is 4. The zero-order chi connectivity index (χ0) is 56.8. The number of fused-ring (bicyclic) bond motifs is 2. The largest absolute Gasteiger partial charge is 1.00 e. The Labute approximate surface area is 550 Å². The molecule has 9 atom stereocenters. The number of benzene rings is 4. The third-order valence-corrected chi connectivity index (χ3v) is 16.8. The molecule has 14 nitrogen and oxygen atoms in total. The standard InChI is InChI=1S/C27H30O6S.C19H17IOS.C12H19NO6.CH3.B.Ce.3ClH.Na.H/c1-15-4-7-18(22(29)24-23(30)25-26(31-24)33-27(2,3)32-25)12-19(15)13-20-10-11-21(34-20)17-8-5-16(14-28)6-9-17;1-13-2-7-17(20)10-16(13)11-18-8-9-19(22-18)15-5-3-14(12-21)4-6-15;1-12(2)18-9-7(14)8(17-11(9)19-12)10(15)13-3-5-16-6-4-13;;;;;;;;/h4-12,22-26,28-30H,13-14H2,1-3H3;2-10,21H,11-12H2,1H3;7-9,11,14H,3-6H2,1-2H3;1H3;;;3*1H;;/q;;;-1;;+3;;;;+1;-1/p-3/t22?,23-,24+,25+,26+;;7-,8-,9+,11+;;;;;;;;/m1.1......../s1. The van der Waals surface area contributed by atoms with Gasteiger partial charge in [0, 0.05) is 57.4 Å². The van der Waals surface area contributed by atoms with Crippen LogP contribution in [-0.4, -0.2) is 132 Å². The van der Waals surface area contributed by atoms with E-state index >= 15 is 0 Å². The number of amides is 1. The van der Waals surface area contributed by atoms with Gasteiger partial charge in [-0.3, -0.25) is 4.79 Å². The molecule has 0 spiro atoms. The van der Waals surface area contributed by atoms with Crippen molar-refractivity contribution in [2.75, 3.05) is 26.3 Å². The molecule has 6 aromatic rings. The van der Waals surface area contributed by atoms with Gasteiger partial charge in [0.05, 0.1) is 26.4 Å². The predicted molar refractivity (Wildman–Crippen MR) is 325 cm³/mol. The maximum Gasteiger partial charge on any atom is 1.00 e. The van der Waals surface area contributed by atoms with E-state index < -0.39 is 97.5 Å². The fourth-order valence-electron chi connectivity index (χ4n) is 9.70. The molecule has 2 aromatic heterocycles. The quantitative estimate of drug-likeness (QED) is 0.0481. The maximum absolute atomic E-state index is 12.3. The van der Waals surface area contributed by atoms with E-state index in [-0.39, 0.29) is 65.9 Å². The Morgan fingerprint density at radius 2 is 1.15 bits per heavy atom. The minimum atomic E-state index is -2.24. The molecule has 0 saturated carbocycles. The molecule has 1 unspecified atom stereocenters. The van der Waals surface area contributed by atoms with Crippen LogP contribution in [-0.2, 0) is 64.0 Å². The molecule has 5 saturated heterocycles. The Morgan fingerprint density at radius 1 is 0.695 bits per heavy atom. The first kappa shape index (κ1) is 72.1. The molecular formula is C59H70BCeCl3INNaO13S2-. The van der Waals surface area contributed by atoms with Gasteiger partial charge in [-0.1, -0.05) is 72.8 Å². The van der Waals surface area contributed by atoms with Gasteiger partial charge in [0.25, 0.3) is 5.91 Å². The second-order valence-corrected chi connectivity index (χ2v) is 37.9. The van der Waals surface area contributed by atoms with E-state index in [1.54, 1.807) is 43.9 Å². The summed E-state index contributed by atoms with van der Waals surface area (Å²) < 4.78 is 40.4. The van der Waals surface area contributed by atoms with E-state index in [0.29, 0.717) is 31.9 Å². The van der Waals surface area contributed by atoms with Crippen molar-refractivity contribution in [2.45, 2.75) is 134 Å². The summed E-state index contributed by atoms with van der Waals surface area (Å²) in [4.78, 5) is 19.0. The molecule has 1 amide bonds. The SMILES string of the molecule is CC1(C)O[C@@H]2O[C@@H](C(=O)N3CCOCC3)[C@@H](O)[C@@H]2O1.Cc1ccc(C(O)[C@@H]2O[C@H]3OC(C)(C)O[C@H]3[C@@H]2O)cc1Cc1ccc(-c2ccc(CO)cc2)s1.Cc1ccc(I)cc1Cc1ccc(-c2ccc(CO)cc2)s1.[B].[CH3-].[Cl][Ce]([Cl])[Cl].[H-].[Na+]. The Morgan fingerprint density at radius 3 is 1.61 bits per heavy atom. The van der Waals surface area contributed by atoms with Crippen LogP contribution in [0.4, 0.5) is 0 Å². The third kappa shape index (κ3) is 19.2. The summed E-state index contributed by atoms with van der Waals surface area (Å²) in [6, 6.07) is 37.2. The predicted octanol–water partition coefficient (Wildman–Crippen LogP) is 7.83. The zero-order valence-electron chi connectivity index (χ0n) is 48.1. The van der Waals surface area contributed by atoms with Crippen molar-refractivity contribution < 1.29 is 125 Å². The van der Waals surface area contributed by atoms with E-state index in [1.165, 1.54) is 39.8 Å². The summed E-state index contributed by atoms with van der Waals surface area (Å²) in [5, 5.41) is 50.3. The molecule has 0 bridgehead atoms. The molecule has 5 aliphatic heterocycles. The maximum atomic E-state index is 12.3. The smallest absolute Gasteiger partial charge is 1.00 e. The van der Waals surface area contributed by atoms with E-state index in [9.17, 15) is 25.2 Å². The second-order valence-electron chi connectivity index (χ2n) is 20.5. The van der Waals surface area contributed by atoms with Gasteiger partial charge in [-0.2, -0.15) is 0 Å². The van der Waals surface area contributed by atoms with E-state index in [1.807, 2.05) is 65.9 Å². The first-order valence-electron chi connectivity index (χ1n) is 25.8. The summed E-state index contributed by atoms with van der Waals surface area (Å²) >= 11 is 3.70. The number of carbonyl (C=O) groups excluding carboxylic acids is 1. The van der Waals surface area contributed by atoms with Gasteiger partial charge >= 0.3 is 77.1 Å². The minimum absolute atomic E-state index is 0. The molecule has 5 aliphatic rings. The van der Waals surface area contributed by atoms with Crippen LogP contribution in [0.25, 0.3) is 20.9 Å². The van der Waals surface area contributed by atoms with E-state index in [2.05, 4.69) is 91.0 Å². The molecule has 23 heteroatoms. The summed E-state index contributed by atoms with van der Waals surface area (Å²) in [6.07, 6.45) is -5.58. The zero-order valence-corrected chi connectivity index (χ0v) is 58.3. The second kappa shape index (κ2) is 32.7. The summed E-state index contributed by atoms with van der Waals surface area (Å²) in [5.74, 6) is -1.83. The van der Waals surface area contributed by atoms with Gasteiger partial charge in [0.1, 0.15) is 36.6 Å². The minimum Gasteiger partial charge on any atom is -1.00 e. The van der Waals surface area contributed by atoms with Crippen LogP contribution < -0.4 is 29.6 Å². The molecule has 4 aromatic carbocycles. The number of thiophene rings is 2. The molecule has 11 rings (SSSR count). The van der Waals surface area contributed by atoms with Gasteiger partial charge in [0.15, 0.2) is 30.3 Å². The summed E-state index contributed by atoms with van der Waals surface area (Å²) in [7, 11) is 0. The number of aliphatic hydroxyl groups is 5. The van der Waals surface area contributed by atoms with Crippen molar-refractivity contribution >= 4 is 76.5 Å². The molecule has 7 heterocycles. The molecule has 5 fully saturated rings. The monoisotopic (exact) mass is 1470 g/mol. The number of morpholine rings is 1. The number of rotatable bonds is 11. The van der Waals surface area contributed by atoms with Gasteiger partial charge in [0.2, 0.25) is 0 Å². The topological polar surface area (TPSA) is 186 Å². The normalized spacial score (nSPS) is 23.8. The number of hydrogen-bond donors (Lipinski definition) is 5.